The van der Waals surface area contributed by atoms with Crippen LogP contribution in [0.25, 0.3) is 0 Å². The Morgan fingerprint density at radius 3 is 2.59 bits per heavy atom. The molecule has 1 rings (SSSR count). The molecule has 100 valence electrons. The van der Waals surface area contributed by atoms with Crippen molar-refractivity contribution in [3.63, 3.8) is 0 Å². The van der Waals surface area contributed by atoms with Crippen LogP contribution in [0, 0.1) is 5.41 Å². The van der Waals surface area contributed by atoms with Gasteiger partial charge in [-0.1, -0.05) is 6.92 Å². The fraction of sp³-hybridized carbons (Fsp3) is 0.917. The second-order valence-corrected chi connectivity index (χ2v) is 6.33. The first kappa shape index (κ1) is 14.6. The van der Waals surface area contributed by atoms with Gasteiger partial charge in [0.1, 0.15) is 0 Å². The average Bonchev–Trinajstić information content (AvgIpc) is 2.35. The van der Waals surface area contributed by atoms with Gasteiger partial charge in [-0.2, -0.15) is 0 Å². The molecule has 4 nitrogen and oxygen atoms in total. The van der Waals surface area contributed by atoms with Gasteiger partial charge in [-0.05, 0) is 38.8 Å². The minimum absolute atomic E-state index is 0.170. The second-order valence-electron chi connectivity index (χ2n) is 4.77. The molecular formula is C12H24N2O2S. The van der Waals surface area contributed by atoms with E-state index in [1.165, 1.54) is 0 Å². The minimum Gasteiger partial charge on any atom is -0.356 e. The summed E-state index contributed by atoms with van der Waals surface area (Å²) in [5.41, 5.74) is -0.170. The molecule has 0 aromatic rings. The lowest BCUT2D eigenvalue weighted by Crippen LogP contribution is -2.47. The van der Waals surface area contributed by atoms with E-state index in [1.54, 1.807) is 6.26 Å². The predicted octanol–water partition coefficient (Wildman–Crippen LogP) is 0.651. The van der Waals surface area contributed by atoms with Crippen molar-refractivity contribution in [1.29, 1.82) is 0 Å². The number of rotatable bonds is 6. The molecule has 0 aromatic heterocycles. The van der Waals surface area contributed by atoms with Gasteiger partial charge in [-0.25, -0.2) is 0 Å². The van der Waals surface area contributed by atoms with E-state index in [0.29, 0.717) is 12.3 Å². The lowest BCUT2D eigenvalue weighted by Gasteiger charge is -2.35. The highest BCUT2D eigenvalue weighted by molar-refractivity contribution is 7.84. The van der Waals surface area contributed by atoms with E-state index < -0.39 is 10.8 Å². The Balaban J connectivity index is 2.36. The van der Waals surface area contributed by atoms with E-state index in [-0.39, 0.29) is 11.3 Å². The fourth-order valence-corrected chi connectivity index (χ4v) is 2.86. The second kappa shape index (κ2) is 7.11. The third-order valence-corrected chi connectivity index (χ3v) is 4.48. The maximum Gasteiger partial charge on any atom is 0.226 e. The summed E-state index contributed by atoms with van der Waals surface area (Å²) in [4.78, 5) is 12.2. The van der Waals surface area contributed by atoms with E-state index in [1.807, 2.05) is 0 Å². The van der Waals surface area contributed by atoms with Crippen molar-refractivity contribution in [3.8, 4) is 0 Å². The summed E-state index contributed by atoms with van der Waals surface area (Å²) >= 11 is 0. The standard InChI is InChI=1S/C12H24N2O2S/c1-3-12(5-8-13-9-6-12)11(15)14-7-4-10-17(2)16/h13H,3-10H2,1-2H3,(H,14,15). The smallest absolute Gasteiger partial charge is 0.226 e. The van der Waals surface area contributed by atoms with Crippen molar-refractivity contribution in [2.75, 3.05) is 31.6 Å². The Morgan fingerprint density at radius 2 is 2.06 bits per heavy atom. The Bertz CT molecular complexity index is 276. The van der Waals surface area contributed by atoms with Crippen LogP contribution in [-0.2, 0) is 15.6 Å². The van der Waals surface area contributed by atoms with Crippen molar-refractivity contribution in [3.05, 3.63) is 0 Å². The number of nitrogens with one attached hydrogen (secondary N) is 2. The molecule has 2 N–H and O–H groups in total. The Morgan fingerprint density at radius 1 is 1.41 bits per heavy atom. The molecule has 5 heteroatoms. The summed E-state index contributed by atoms with van der Waals surface area (Å²) in [6.45, 7) is 4.60. The summed E-state index contributed by atoms with van der Waals surface area (Å²) in [5.74, 6) is 0.851. The highest BCUT2D eigenvalue weighted by Crippen LogP contribution is 2.32. The molecule has 1 unspecified atom stereocenters. The molecule has 0 saturated carbocycles. The zero-order chi connectivity index (χ0) is 12.7. The molecule has 0 bridgehead atoms. The van der Waals surface area contributed by atoms with Gasteiger partial charge in [0, 0.05) is 29.4 Å². The van der Waals surface area contributed by atoms with Gasteiger partial charge < -0.3 is 10.6 Å². The lowest BCUT2D eigenvalue weighted by atomic mass is 9.76. The first-order valence-corrected chi connectivity index (χ1v) is 8.12. The van der Waals surface area contributed by atoms with Crippen LogP contribution < -0.4 is 10.6 Å². The number of piperidine rings is 1. The largest absolute Gasteiger partial charge is 0.356 e. The number of carbonyl (C=O) groups excluding carboxylic acids is 1. The predicted molar refractivity (Wildman–Crippen MR) is 71.4 cm³/mol. The van der Waals surface area contributed by atoms with Crippen LogP contribution >= 0.6 is 0 Å². The first-order valence-electron chi connectivity index (χ1n) is 6.40. The van der Waals surface area contributed by atoms with Gasteiger partial charge in [-0.15, -0.1) is 0 Å². The van der Waals surface area contributed by atoms with Crippen LogP contribution in [0.3, 0.4) is 0 Å². The summed E-state index contributed by atoms with van der Waals surface area (Å²) in [6.07, 6.45) is 5.25. The molecule has 1 aliphatic rings. The van der Waals surface area contributed by atoms with Crippen LogP contribution in [0.4, 0.5) is 0 Å². The van der Waals surface area contributed by atoms with Gasteiger partial charge in [0.2, 0.25) is 5.91 Å². The van der Waals surface area contributed by atoms with Crippen LogP contribution in [0.15, 0.2) is 0 Å². The summed E-state index contributed by atoms with van der Waals surface area (Å²) < 4.78 is 10.9. The highest BCUT2D eigenvalue weighted by Gasteiger charge is 2.37. The monoisotopic (exact) mass is 260 g/mol. The molecule has 1 fully saturated rings. The van der Waals surface area contributed by atoms with Crippen LogP contribution in [-0.4, -0.2) is 41.8 Å². The van der Waals surface area contributed by atoms with Crippen molar-refractivity contribution in [2.45, 2.75) is 32.6 Å². The molecular weight excluding hydrogens is 236 g/mol. The summed E-state index contributed by atoms with van der Waals surface area (Å²) in [7, 11) is -0.759. The molecule has 1 aliphatic heterocycles. The van der Waals surface area contributed by atoms with Crippen molar-refractivity contribution < 1.29 is 9.00 Å². The third kappa shape index (κ3) is 4.39. The van der Waals surface area contributed by atoms with Gasteiger partial charge in [-0.3, -0.25) is 9.00 Å². The van der Waals surface area contributed by atoms with E-state index in [9.17, 15) is 9.00 Å². The Labute approximate surface area is 106 Å². The molecule has 1 saturated heterocycles. The topological polar surface area (TPSA) is 58.2 Å². The van der Waals surface area contributed by atoms with Crippen molar-refractivity contribution in [1.82, 2.24) is 10.6 Å². The van der Waals surface area contributed by atoms with Gasteiger partial charge >= 0.3 is 0 Å². The van der Waals surface area contributed by atoms with E-state index in [0.717, 1.165) is 38.8 Å². The molecule has 1 atom stereocenters. The highest BCUT2D eigenvalue weighted by atomic mass is 32.2. The van der Waals surface area contributed by atoms with Crippen molar-refractivity contribution >= 4 is 16.7 Å². The quantitative estimate of drug-likeness (QED) is 0.690. The number of carbonyl (C=O) groups is 1. The maximum atomic E-state index is 12.2. The first-order chi connectivity index (χ1) is 8.10. The Hall–Kier alpha value is -0.420. The SMILES string of the molecule is CCC1(C(=O)NCCCS(C)=O)CCNCC1. The molecule has 0 radical (unpaired) electrons. The van der Waals surface area contributed by atoms with Crippen LogP contribution in [0.2, 0.25) is 0 Å². The molecule has 1 amide bonds. The molecule has 0 aromatic carbocycles. The normalized spacial score (nSPS) is 20.8. The number of amides is 1. The van der Waals surface area contributed by atoms with Crippen LogP contribution in [0.5, 0.6) is 0 Å². The maximum absolute atomic E-state index is 12.2. The third-order valence-electron chi connectivity index (χ3n) is 3.61. The van der Waals surface area contributed by atoms with Crippen LogP contribution in [0.1, 0.15) is 32.6 Å². The van der Waals surface area contributed by atoms with Crippen molar-refractivity contribution in [2.24, 2.45) is 5.41 Å². The average molecular weight is 260 g/mol. The molecule has 17 heavy (non-hydrogen) atoms. The van der Waals surface area contributed by atoms with Gasteiger partial charge in [0.05, 0.1) is 5.41 Å². The summed E-state index contributed by atoms with van der Waals surface area (Å²) in [5, 5.41) is 6.29. The van der Waals surface area contributed by atoms with E-state index in [2.05, 4.69) is 17.6 Å². The van der Waals surface area contributed by atoms with Gasteiger partial charge in [0.25, 0.3) is 0 Å². The van der Waals surface area contributed by atoms with E-state index >= 15 is 0 Å². The fourth-order valence-electron chi connectivity index (χ4n) is 2.31. The molecule has 0 spiro atoms. The number of hydrogen-bond donors (Lipinski definition) is 2. The lowest BCUT2D eigenvalue weighted by molar-refractivity contribution is -0.132. The zero-order valence-electron chi connectivity index (χ0n) is 10.9. The minimum atomic E-state index is -0.759. The number of hydrogen-bond acceptors (Lipinski definition) is 3. The summed E-state index contributed by atoms with van der Waals surface area (Å²) in [6, 6.07) is 0. The molecule has 1 heterocycles. The Kier molecular flexibility index (Phi) is 6.12. The van der Waals surface area contributed by atoms with Gasteiger partial charge in [0.15, 0.2) is 0 Å². The molecule has 0 aliphatic carbocycles. The zero-order valence-corrected chi connectivity index (χ0v) is 11.7. The van der Waals surface area contributed by atoms with E-state index in [4.69, 9.17) is 0 Å².